The normalized spacial score (nSPS) is 10.3. The summed E-state index contributed by atoms with van der Waals surface area (Å²) < 4.78 is 1.01. The maximum atomic E-state index is 11.7. The molecule has 0 saturated heterocycles. The van der Waals surface area contributed by atoms with Crippen LogP contribution in [-0.2, 0) is 0 Å². The summed E-state index contributed by atoms with van der Waals surface area (Å²) in [6, 6.07) is 7.55. The minimum absolute atomic E-state index is 0.242. The quantitative estimate of drug-likeness (QED) is 0.551. The number of ketones is 1. The molecule has 0 fully saturated rings. The molecule has 0 aliphatic carbocycles. The molecule has 15 heavy (non-hydrogen) atoms. The summed E-state index contributed by atoms with van der Waals surface area (Å²) in [4.78, 5) is 11.7. The van der Waals surface area contributed by atoms with Crippen molar-refractivity contribution >= 4 is 21.7 Å². The van der Waals surface area contributed by atoms with Crippen molar-refractivity contribution in [2.75, 3.05) is 0 Å². The van der Waals surface area contributed by atoms with Crippen molar-refractivity contribution in [2.45, 2.75) is 32.1 Å². The van der Waals surface area contributed by atoms with E-state index in [4.69, 9.17) is 0 Å². The monoisotopic (exact) mass is 267 g/mol. The number of hydrogen-bond donors (Lipinski definition) is 0. The van der Waals surface area contributed by atoms with Crippen LogP contribution < -0.4 is 0 Å². The fourth-order valence-corrected chi connectivity index (χ4v) is 1.68. The molecule has 1 radical (unpaired) electrons. The third kappa shape index (κ3) is 4.61. The van der Waals surface area contributed by atoms with E-state index in [9.17, 15) is 4.79 Å². The molecular formula is C13H16BrO. The molecule has 0 amide bonds. The van der Waals surface area contributed by atoms with Crippen molar-refractivity contribution in [3.63, 3.8) is 0 Å². The zero-order chi connectivity index (χ0) is 11.1. The van der Waals surface area contributed by atoms with Crippen LogP contribution in [-0.4, -0.2) is 5.78 Å². The lowest BCUT2D eigenvalue weighted by molar-refractivity contribution is 0.0979. The summed E-state index contributed by atoms with van der Waals surface area (Å²) in [5.74, 6) is 0.242. The summed E-state index contributed by atoms with van der Waals surface area (Å²) in [7, 11) is 0. The van der Waals surface area contributed by atoms with E-state index < -0.39 is 0 Å². The fourth-order valence-electron chi connectivity index (χ4n) is 1.42. The highest BCUT2D eigenvalue weighted by Crippen LogP contribution is 2.13. The van der Waals surface area contributed by atoms with Gasteiger partial charge >= 0.3 is 0 Å². The maximum absolute atomic E-state index is 11.7. The molecule has 0 N–H and O–H groups in total. The predicted molar refractivity (Wildman–Crippen MR) is 66.9 cm³/mol. The molecule has 0 unspecified atom stereocenters. The first-order chi connectivity index (χ1) is 7.24. The van der Waals surface area contributed by atoms with Crippen LogP contribution in [0.1, 0.15) is 42.5 Å². The van der Waals surface area contributed by atoms with Gasteiger partial charge < -0.3 is 0 Å². The summed E-state index contributed by atoms with van der Waals surface area (Å²) in [5, 5.41) is 0. The van der Waals surface area contributed by atoms with E-state index in [0.29, 0.717) is 6.42 Å². The summed E-state index contributed by atoms with van der Waals surface area (Å²) in [5.41, 5.74) is 0.813. The predicted octanol–water partition coefficient (Wildman–Crippen LogP) is 4.42. The third-order valence-corrected chi connectivity index (χ3v) is 2.85. The molecule has 1 aromatic rings. The van der Waals surface area contributed by atoms with Crippen molar-refractivity contribution in [1.29, 1.82) is 0 Å². The van der Waals surface area contributed by atoms with Gasteiger partial charge in [0.15, 0.2) is 5.78 Å². The number of rotatable bonds is 6. The van der Waals surface area contributed by atoms with Gasteiger partial charge in [0.25, 0.3) is 0 Å². The van der Waals surface area contributed by atoms with Crippen molar-refractivity contribution in [2.24, 2.45) is 0 Å². The Morgan fingerprint density at radius 1 is 1.13 bits per heavy atom. The lowest BCUT2D eigenvalue weighted by Crippen LogP contribution is -1.98. The number of halogens is 1. The Balaban J connectivity index is 2.37. The smallest absolute Gasteiger partial charge is 0.162 e. The molecule has 1 rings (SSSR count). The van der Waals surface area contributed by atoms with Gasteiger partial charge in [0, 0.05) is 16.5 Å². The summed E-state index contributed by atoms with van der Waals surface area (Å²) >= 11 is 3.35. The Hall–Kier alpha value is -0.630. The highest BCUT2D eigenvalue weighted by atomic mass is 79.9. The Bertz CT molecular complexity index is 303. The molecule has 0 aliphatic rings. The van der Waals surface area contributed by atoms with Crippen molar-refractivity contribution < 1.29 is 4.79 Å². The zero-order valence-corrected chi connectivity index (χ0v) is 10.4. The molecule has 2 heteroatoms. The summed E-state index contributed by atoms with van der Waals surface area (Å²) in [6.07, 6.45) is 4.82. The Kier molecular flexibility index (Phi) is 5.62. The largest absolute Gasteiger partial charge is 0.294 e. The highest BCUT2D eigenvalue weighted by Gasteiger charge is 2.04. The van der Waals surface area contributed by atoms with Crippen molar-refractivity contribution in [1.82, 2.24) is 0 Å². The van der Waals surface area contributed by atoms with Gasteiger partial charge in [0.2, 0.25) is 0 Å². The number of Topliss-reactive ketones (excluding diaryl/α,β-unsaturated/α-hetero) is 1. The van der Waals surface area contributed by atoms with Gasteiger partial charge in [-0.2, -0.15) is 0 Å². The number of benzene rings is 1. The Morgan fingerprint density at radius 3 is 2.40 bits per heavy atom. The van der Waals surface area contributed by atoms with Crippen LogP contribution in [0.25, 0.3) is 0 Å². The second-order valence-electron chi connectivity index (χ2n) is 3.59. The van der Waals surface area contributed by atoms with Gasteiger partial charge in [-0.1, -0.05) is 54.2 Å². The third-order valence-electron chi connectivity index (χ3n) is 2.32. The average Bonchev–Trinajstić information content (AvgIpc) is 2.25. The van der Waals surface area contributed by atoms with Crippen LogP contribution in [0.15, 0.2) is 28.7 Å². The second kappa shape index (κ2) is 6.78. The van der Waals surface area contributed by atoms with Crippen LogP contribution in [0.2, 0.25) is 0 Å². The zero-order valence-electron chi connectivity index (χ0n) is 8.84. The van der Waals surface area contributed by atoms with Crippen LogP contribution in [0.4, 0.5) is 0 Å². The molecule has 0 heterocycles. The number of carbonyl (C=O) groups is 1. The first-order valence-corrected chi connectivity index (χ1v) is 6.11. The van der Waals surface area contributed by atoms with Gasteiger partial charge in [-0.3, -0.25) is 4.79 Å². The SMILES string of the molecule is [CH2]CCCCCC(=O)c1ccc(Br)cc1. The lowest BCUT2D eigenvalue weighted by atomic mass is 10.0. The standard InChI is InChI=1S/C13H16BrO/c1-2-3-4-5-6-13(15)11-7-9-12(14)10-8-11/h7-10H,1-6H2. The van der Waals surface area contributed by atoms with E-state index in [1.165, 1.54) is 0 Å². The van der Waals surface area contributed by atoms with E-state index in [1.54, 1.807) is 0 Å². The fraction of sp³-hybridized carbons (Fsp3) is 0.385. The summed E-state index contributed by atoms with van der Waals surface area (Å²) in [6.45, 7) is 3.78. The molecule has 0 atom stereocenters. The molecule has 1 aromatic carbocycles. The highest BCUT2D eigenvalue weighted by molar-refractivity contribution is 9.10. The minimum Gasteiger partial charge on any atom is -0.294 e. The van der Waals surface area contributed by atoms with Crippen molar-refractivity contribution in [3.05, 3.63) is 41.2 Å². The number of hydrogen-bond acceptors (Lipinski definition) is 1. The van der Waals surface area contributed by atoms with Crippen LogP contribution in [0.5, 0.6) is 0 Å². The van der Waals surface area contributed by atoms with Gasteiger partial charge in [0.05, 0.1) is 0 Å². The minimum atomic E-state index is 0.242. The molecule has 0 saturated carbocycles. The molecular weight excluding hydrogens is 252 g/mol. The first kappa shape index (κ1) is 12.4. The topological polar surface area (TPSA) is 17.1 Å². The van der Waals surface area contributed by atoms with E-state index in [-0.39, 0.29) is 5.78 Å². The molecule has 81 valence electrons. The van der Waals surface area contributed by atoms with Gasteiger partial charge in [-0.25, -0.2) is 0 Å². The van der Waals surface area contributed by atoms with Crippen LogP contribution >= 0.6 is 15.9 Å². The average molecular weight is 268 g/mol. The second-order valence-corrected chi connectivity index (χ2v) is 4.51. The van der Waals surface area contributed by atoms with Crippen molar-refractivity contribution in [3.8, 4) is 0 Å². The first-order valence-electron chi connectivity index (χ1n) is 5.32. The molecule has 0 bridgehead atoms. The van der Waals surface area contributed by atoms with Crippen LogP contribution in [0, 0.1) is 6.92 Å². The number of carbonyl (C=O) groups excluding carboxylic acids is 1. The maximum Gasteiger partial charge on any atom is 0.162 e. The van der Waals surface area contributed by atoms with Gasteiger partial charge in [-0.05, 0) is 18.6 Å². The molecule has 0 spiro atoms. The lowest BCUT2D eigenvalue weighted by Gasteiger charge is -2.01. The van der Waals surface area contributed by atoms with E-state index in [1.807, 2.05) is 24.3 Å². The molecule has 1 nitrogen and oxygen atoms in total. The van der Waals surface area contributed by atoms with Gasteiger partial charge in [-0.15, -0.1) is 0 Å². The van der Waals surface area contributed by atoms with E-state index in [2.05, 4.69) is 22.9 Å². The number of unbranched alkanes of at least 4 members (excludes halogenated alkanes) is 3. The molecule has 0 aliphatic heterocycles. The Labute approximate surface area is 100 Å². The van der Waals surface area contributed by atoms with Gasteiger partial charge in [0.1, 0.15) is 0 Å². The molecule has 0 aromatic heterocycles. The van der Waals surface area contributed by atoms with Crippen LogP contribution in [0.3, 0.4) is 0 Å². The van der Waals surface area contributed by atoms with E-state index in [0.717, 1.165) is 35.7 Å². The van der Waals surface area contributed by atoms with E-state index >= 15 is 0 Å². The Morgan fingerprint density at radius 2 is 1.80 bits per heavy atom.